The van der Waals surface area contributed by atoms with Gasteiger partial charge in [-0.25, -0.2) is 23.1 Å². The van der Waals surface area contributed by atoms with Crippen molar-refractivity contribution in [2.24, 2.45) is 0 Å². The Morgan fingerprint density at radius 1 is 1.08 bits per heavy atom. The lowest BCUT2D eigenvalue weighted by atomic mass is 10.3. The maximum absolute atomic E-state index is 12.4. The Morgan fingerprint density at radius 3 is 2.19 bits per heavy atom. The molecule has 8 nitrogen and oxygen atoms in total. The van der Waals surface area contributed by atoms with Crippen LogP contribution in [0.4, 0.5) is 11.6 Å². The monoisotopic (exact) mass is 394 g/mol. The van der Waals surface area contributed by atoms with E-state index in [0.717, 1.165) is 11.8 Å². The van der Waals surface area contributed by atoms with Crippen molar-refractivity contribution in [2.45, 2.75) is 25.7 Å². The highest BCUT2D eigenvalue weighted by Crippen LogP contribution is 2.17. The fourth-order valence-electron chi connectivity index (χ4n) is 2.03. The number of thioether (sulfide) groups is 1. The lowest BCUT2D eigenvalue weighted by Gasteiger charge is -2.09. The molecule has 0 spiro atoms. The number of hydrogen-bond donors (Lipinski definition) is 2. The van der Waals surface area contributed by atoms with E-state index >= 15 is 0 Å². The maximum Gasteiger partial charge on any atom is 0.264 e. The summed E-state index contributed by atoms with van der Waals surface area (Å²) in [5.41, 5.74) is 1.73. The standard InChI is InChI=1S/C16H18N4O4S2/c1-10-8-11(2)18-16(17-10)20-26(23,24)14-6-4-13(5-7-14)19-15(22)9-25-12(3)21/h4-8H,9H2,1-3H3,(H,19,22)(H,17,18,20). The summed E-state index contributed by atoms with van der Waals surface area (Å²) in [7, 11) is -3.85. The molecule has 0 bridgehead atoms. The number of aromatic nitrogens is 2. The number of amides is 1. The summed E-state index contributed by atoms with van der Waals surface area (Å²) in [5.74, 6) is -0.343. The average Bonchev–Trinajstić information content (AvgIpc) is 2.52. The van der Waals surface area contributed by atoms with E-state index < -0.39 is 10.0 Å². The molecule has 0 saturated heterocycles. The highest BCUT2D eigenvalue weighted by Gasteiger charge is 2.16. The van der Waals surface area contributed by atoms with Gasteiger partial charge in [-0.15, -0.1) is 0 Å². The summed E-state index contributed by atoms with van der Waals surface area (Å²) in [6.45, 7) is 4.87. The summed E-state index contributed by atoms with van der Waals surface area (Å²) in [5, 5.41) is 2.44. The number of nitrogens with zero attached hydrogens (tertiary/aromatic N) is 2. The summed E-state index contributed by atoms with van der Waals surface area (Å²) in [6.07, 6.45) is 0. The van der Waals surface area contributed by atoms with Gasteiger partial charge in [0.1, 0.15) is 0 Å². The average molecular weight is 394 g/mol. The molecule has 1 aromatic heterocycles. The quantitative estimate of drug-likeness (QED) is 0.770. The number of aryl methyl sites for hydroxylation is 2. The molecule has 2 rings (SSSR count). The molecule has 0 unspecified atom stereocenters. The Morgan fingerprint density at radius 2 is 1.65 bits per heavy atom. The summed E-state index contributed by atoms with van der Waals surface area (Å²) in [4.78, 5) is 30.6. The predicted molar refractivity (Wildman–Crippen MR) is 101 cm³/mol. The first-order valence-electron chi connectivity index (χ1n) is 7.54. The molecule has 1 heterocycles. The van der Waals surface area contributed by atoms with Crippen molar-refractivity contribution in [3.8, 4) is 0 Å². The molecule has 0 aliphatic carbocycles. The number of nitrogens with one attached hydrogen (secondary N) is 2. The largest absolute Gasteiger partial charge is 0.325 e. The van der Waals surface area contributed by atoms with Gasteiger partial charge in [-0.05, 0) is 44.2 Å². The van der Waals surface area contributed by atoms with Crippen LogP contribution in [0.25, 0.3) is 0 Å². The summed E-state index contributed by atoms with van der Waals surface area (Å²) in [6, 6.07) is 7.39. The van der Waals surface area contributed by atoms with Crippen LogP contribution in [0.15, 0.2) is 35.2 Å². The zero-order valence-electron chi connectivity index (χ0n) is 14.4. The van der Waals surface area contributed by atoms with Crippen LogP contribution in [0.3, 0.4) is 0 Å². The normalized spacial score (nSPS) is 11.0. The van der Waals surface area contributed by atoms with E-state index in [2.05, 4.69) is 20.0 Å². The number of carbonyl (C=O) groups is 2. The number of benzene rings is 1. The summed E-state index contributed by atoms with van der Waals surface area (Å²) >= 11 is 0.899. The van der Waals surface area contributed by atoms with E-state index in [-0.39, 0.29) is 27.6 Å². The molecule has 1 aromatic carbocycles. The van der Waals surface area contributed by atoms with Crippen molar-refractivity contribution in [3.63, 3.8) is 0 Å². The van der Waals surface area contributed by atoms with E-state index in [1.165, 1.54) is 31.2 Å². The van der Waals surface area contributed by atoms with Crippen LogP contribution in [-0.4, -0.2) is 35.2 Å². The maximum atomic E-state index is 12.4. The topological polar surface area (TPSA) is 118 Å². The Balaban J connectivity index is 2.08. The van der Waals surface area contributed by atoms with E-state index in [4.69, 9.17) is 0 Å². The Labute approximate surface area is 155 Å². The van der Waals surface area contributed by atoms with E-state index in [1.807, 2.05) is 0 Å². The van der Waals surface area contributed by atoms with Crippen LogP contribution in [0.2, 0.25) is 0 Å². The molecule has 26 heavy (non-hydrogen) atoms. The van der Waals surface area contributed by atoms with Crippen molar-refractivity contribution >= 4 is 44.4 Å². The minimum Gasteiger partial charge on any atom is -0.325 e. The molecule has 1 amide bonds. The summed E-state index contributed by atoms with van der Waals surface area (Å²) < 4.78 is 27.2. The highest BCUT2D eigenvalue weighted by molar-refractivity contribution is 8.14. The van der Waals surface area contributed by atoms with Crippen LogP contribution in [-0.2, 0) is 19.6 Å². The van der Waals surface area contributed by atoms with Crippen molar-refractivity contribution < 1.29 is 18.0 Å². The molecule has 10 heteroatoms. The molecule has 2 aromatic rings. The fourth-order valence-corrected chi connectivity index (χ4v) is 3.38. The molecule has 0 aliphatic rings. The minimum absolute atomic E-state index is 0.000979. The molecular weight excluding hydrogens is 376 g/mol. The van der Waals surface area contributed by atoms with E-state index in [0.29, 0.717) is 17.1 Å². The van der Waals surface area contributed by atoms with Crippen molar-refractivity contribution in [2.75, 3.05) is 15.8 Å². The zero-order valence-corrected chi connectivity index (χ0v) is 16.1. The highest BCUT2D eigenvalue weighted by atomic mass is 32.2. The SMILES string of the molecule is CC(=O)SCC(=O)Nc1ccc(S(=O)(=O)Nc2nc(C)cc(C)n2)cc1. The van der Waals surface area contributed by atoms with Gasteiger partial charge in [0.15, 0.2) is 5.12 Å². The molecule has 0 saturated carbocycles. The van der Waals surface area contributed by atoms with Crippen molar-refractivity contribution in [1.82, 2.24) is 9.97 Å². The minimum atomic E-state index is -3.85. The molecule has 0 radical (unpaired) electrons. The van der Waals surface area contributed by atoms with Gasteiger partial charge in [0, 0.05) is 24.0 Å². The van der Waals surface area contributed by atoms with Gasteiger partial charge < -0.3 is 5.32 Å². The Bertz CT molecular complexity index is 908. The lowest BCUT2D eigenvalue weighted by molar-refractivity contribution is -0.114. The smallest absolute Gasteiger partial charge is 0.264 e. The van der Waals surface area contributed by atoms with Crippen molar-refractivity contribution in [1.29, 1.82) is 0 Å². The third kappa shape index (κ3) is 5.81. The third-order valence-corrected chi connectivity index (χ3v) is 5.22. The lowest BCUT2D eigenvalue weighted by Crippen LogP contribution is -2.17. The van der Waals surface area contributed by atoms with Crippen LogP contribution < -0.4 is 10.0 Å². The molecule has 0 fully saturated rings. The Hall–Kier alpha value is -2.46. The van der Waals surface area contributed by atoms with Crippen LogP contribution >= 0.6 is 11.8 Å². The first-order chi connectivity index (χ1) is 12.2. The Kier molecular flexibility index (Phi) is 6.32. The molecule has 138 valence electrons. The second-order valence-electron chi connectivity index (χ2n) is 5.43. The van der Waals surface area contributed by atoms with Gasteiger partial charge in [-0.3, -0.25) is 9.59 Å². The molecule has 0 aliphatic heterocycles. The van der Waals surface area contributed by atoms with Gasteiger partial charge in [0.05, 0.1) is 10.6 Å². The first-order valence-corrected chi connectivity index (χ1v) is 10.0. The van der Waals surface area contributed by atoms with Gasteiger partial charge >= 0.3 is 0 Å². The van der Waals surface area contributed by atoms with Gasteiger partial charge in [0.2, 0.25) is 11.9 Å². The third-order valence-electron chi connectivity index (χ3n) is 3.06. The van der Waals surface area contributed by atoms with E-state index in [9.17, 15) is 18.0 Å². The van der Waals surface area contributed by atoms with Gasteiger partial charge in [-0.1, -0.05) is 11.8 Å². The number of hydrogen-bond acceptors (Lipinski definition) is 7. The van der Waals surface area contributed by atoms with Crippen LogP contribution in [0.5, 0.6) is 0 Å². The molecule has 2 N–H and O–H groups in total. The number of carbonyl (C=O) groups excluding carboxylic acids is 2. The zero-order chi connectivity index (χ0) is 19.3. The number of sulfonamides is 1. The first kappa shape index (κ1) is 19.9. The van der Waals surface area contributed by atoms with E-state index in [1.54, 1.807) is 19.9 Å². The second kappa shape index (κ2) is 8.28. The fraction of sp³-hybridized carbons (Fsp3) is 0.250. The van der Waals surface area contributed by atoms with Crippen LogP contribution in [0, 0.1) is 13.8 Å². The van der Waals surface area contributed by atoms with Gasteiger partial charge in [-0.2, -0.15) is 0 Å². The van der Waals surface area contributed by atoms with Crippen LogP contribution in [0.1, 0.15) is 18.3 Å². The van der Waals surface area contributed by atoms with Gasteiger partial charge in [0.25, 0.3) is 10.0 Å². The van der Waals surface area contributed by atoms with Crippen molar-refractivity contribution in [3.05, 3.63) is 41.7 Å². The molecular formula is C16H18N4O4S2. The predicted octanol–water partition coefficient (Wildman–Crippen LogP) is 2.11. The number of rotatable bonds is 6. The number of anilines is 2. The molecule has 0 atom stereocenters. The second-order valence-corrected chi connectivity index (χ2v) is 8.27.